The summed E-state index contributed by atoms with van der Waals surface area (Å²) in [5.41, 5.74) is 12.2. The number of halogens is 2. The molecule has 7 heteroatoms. The number of aliphatic hydroxyl groups excluding tert-OH is 1. The van der Waals surface area contributed by atoms with Crippen LogP contribution in [-0.2, 0) is 13.0 Å². The summed E-state index contributed by atoms with van der Waals surface area (Å²) in [6, 6.07) is 14.1. The third-order valence-electron chi connectivity index (χ3n) is 7.13. The minimum atomic E-state index is -0.194. The summed E-state index contributed by atoms with van der Waals surface area (Å²) in [7, 11) is 0. The molecule has 1 aliphatic carbocycles. The van der Waals surface area contributed by atoms with Crippen molar-refractivity contribution >= 4 is 29.0 Å². The summed E-state index contributed by atoms with van der Waals surface area (Å²) in [5.74, 6) is 0.742. The molecule has 2 aromatic carbocycles. The second-order valence-electron chi connectivity index (χ2n) is 8.89. The summed E-state index contributed by atoms with van der Waals surface area (Å²) in [6.45, 7) is 3.39. The molecule has 2 aliphatic rings. The molecule has 5 nitrogen and oxygen atoms in total. The quantitative estimate of drug-likeness (QED) is 0.559. The fraction of sp³-hybridized carbons (Fsp3) is 0.360. The van der Waals surface area contributed by atoms with Crippen LogP contribution >= 0.6 is 23.2 Å². The van der Waals surface area contributed by atoms with Crippen LogP contribution in [0.5, 0.6) is 0 Å². The van der Waals surface area contributed by atoms with E-state index in [0.717, 1.165) is 49.4 Å². The number of benzene rings is 2. The first-order chi connectivity index (χ1) is 15.4. The lowest BCUT2D eigenvalue weighted by Crippen LogP contribution is -2.45. The Morgan fingerprint density at radius 1 is 1.09 bits per heavy atom. The Morgan fingerprint density at radius 2 is 1.84 bits per heavy atom. The molecule has 0 amide bonds. The zero-order chi connectivity index (χ0) is 22.5. The average Bonchev–Trinajstić information content (AvgIpc) is 3.07. The number of aliphatic hydroxyl groups is 1. The van der Waals surface area contributed by atoms with Crippen molar-refractivity contribution in [2.24, 2.45) is 11.1 Å². The Bertz CT molecular complexity index is 1170. The minimum Gasteiger partial charge on any atom is -0.390 e. The van der Waals surface area contributed by atoms with Gasteiger partial charge in [-0.3, -0.25) is 0 Å². The Balaban J connectivity index is 1.42. The molecule has 0 radical (unpaired) electrons. The topological polar surface area (TPSA) is 75.3 Å². The molecule has 5 rings (SSSR count). The van der Waals surface area contributed by atoms with Crippen LogP contribution in [0.25, 0.3) is 11.3 Å². The second kappa shape index (κ2) is 8.31. The van der Waals surface area contributed by atoms with Gasteiger partial charge in [-0.2, -0.15) is 0 Å². The SMILES string of the molecule is Cc1nc(N2CCC3(CC2)Cc2ccccc2[C@@H]3N)c(CO)nc1-c1cccc(Cl)c1Cl. The fourth-order valence-corrected chi connectivity index (χ4v) is 5.70. The predicted octanol–water partition coefficient (Wildman–Crippen LogP) is 5.09. The number of piperidine rings is 1. The van der Waals surface area contributed by atoms with Crippen LogP contribution in [0.3, 0.4) is 0 Å². The molecule has 2 heterocycles. The van der Waals surface area contributed by atoms with Gasteiger partial charge >= 0.3 is 0 Å². The third kappa shape index (κ3) is 3.48. The molecule has 0 bridgehead atoms. The average molecular weight is 469 g/mol. The molecule has 1 aliphatic heterocycles. The summed E-state index contributed by atoms with van der Waals surface area (Å²) < 4.78 is 0. The molecule has 1 aromatic heterocycles. The van der Waals surface area contributed by atoms with Crippen molar-refractivity contribution < 1.29 is 5.11 Å². The van der Waals surface area contributed by atoms with E-state index in [4.69, 9.17) is 38.9 Å². The lowest BCUT2D eigenvalue weighted by molar-refractivity contribution is 0.186. The van der Waals surface area contributed by atoms with E-state index in [0.29, 0.717) is 21.4 Å². The smallest absolute Gasteiger partial charge is 0.153 e. The number of rotatable bonds is 3. The zero-order valence-corrected chi connectivity index (χ0v) is 19.5. The van der Waals surface area contributed by atoms with Crippen LogP contribution in [0.1, 0.15) is 41.4 Å². The zero-order valence-electron chi connectivity index (χ0n) is 18.0. The first-order valence-electron chi connectivity index (χ1n) is 10.9. The maximum absolute atomic E-state index is 10.1. The van der Waals surface area contributed by atoms with Gasteiger partial charge in [0.1, 0.15) is 5.69 Å². The maximum atomic E-state index is 10.1. The van der Waals surface area contributed by atoms with Gasteiger partial charge < -0.3 is 15.7 Å². The third-order valence-corrected chi connectivity index (χ3v) is 7.95. The first-order valence-corrected chi connectivity index (χ1v) is 11.7. The van der Waals surface area contributed by atoms with E-state index in [1.807, 2.05) is 19.1 Å². The highest BCUT2D eigenvalue weighted by Gasteiger charge is 2.46. The molecule has 1 saturated heterocycles. The predicted molar refractivity (Wildman–Crippen MR) is 129 cm³/mol. The first kappa shape index (κ1) is 21.7. The molecule has 1 atom stereocenters. The van der Waals surface area contributed by atoms with Crippen LogP contribution in [0.2, 0.25) is 10.0 Å². The Kier molecular flexibility index (Phi) is 5.62. The highest BCUT2D eigenvalue weighted by Crippen LogP contribution is 2.51. The molecule has 3 aromatic rings. The van der Waals surface area contributed by atoms with Gasteiger partial charge in [-0.05, 0) is 48.8 Å². The summed E-state index contributed by atoms with van der Waals surface area (Å²) in [4.78, 5) is 11.8. The standard InChI is InChI=1S/C25H26Cl2N4O/c1-15-22(18-7-4-8-19(26)21(18)27)30-20(14-32)24(29-15)31-11-9-25(10-12-31)13-16-5-2-3-6-17(16)23(25)28/h2-8,23,32H,9-14,28H2,1H3/t23-/m0/s1. The van der Waals surface area contributed by atoms with Crippen molar-refractivity contribution in [3.8, 4) is 11.3 Å². The van der Waals surface area contributed by atoms with Crippen LogP contribution in [-0.4, -0.2) is 28.2 Å². The van der Waals surface area contributed by atoms with Gasteiger partial charge in [-0.1, -0.05) is 59.6 Å². The highest BCUT2D eigenvalue weighted by molar-refractivity contribution is 6.43. The number of hydrogen-bond acceptors (Lipinski definition) is 5. The monoisotopic (exact) mass is 468 g/mol. The van der Waals surface area contributed by atoms with E-state index >= 15 is 0 Å². The second-order valence-corrected chi connectivity index (χ2v) is 9.68. The van der Waals surface area contributed by atoms with E-state index in [-0.39, 0.29) is 18.1 Å². The number of fused-ring (bicyclic) bond motifs is 1. The molecule has 166 valence electrons. The molecule has 0 saturated carbocycles. The van der Waals surface area contributed by atoms with E-state index in [2.05, 4.69) is 29.2 Å². The number of nitrogens with zero attached hydrogens (tertiary/aromatic N) is 3. The summed E-state index contributed by atoms with van der Waals surface area (Å²) in [5, 5.41) is 11.0. The van der Waals surface area contributed by atoms with Crippen LogP contribution in [0.15, 0.2) is 42.5 Å². The van der Waals surface area contributed by atoms with Gasteiger partial charge in [0.25, 0.3) is 0 Å². The minimum absolute atomic E-state index is 0.0679. The van der Waals surface area contributed by atoms with E-state index in [9.17, 15) is 5.11 Å². The Labute approximate surface area is 198 Å². The largest absolute Gasteiger partial charge is 0.390 e. The number of nitrogens with two attached hydrogens (primary N) is 1. The van der Waals surface area contributed by atoms with E-state index in [1.54, 1.807) is 6.07 Å². The van der Waals surface area contributed by atoms with Crippen molar-refractivity contribution in [3.63, 3.8) is 0 Å². The molecule has 0 unspecified atom stereocenters. The molecule has 32 heavy (non-hydrogen) atoms. The van der Waals surface area contributed by atoms with Gasteiger partial charge in [0.2, 0.25) is 0 Å². The van der Waals surface area contributed by atoms with Crippen LogP contribution < -0.4 is 10.6 Å². The van der Waals surface area contributed by atoms with Crippen molar-refractivity contribution in [3.05, 3.63) is 75.0 Å². The molecule has 1 fully saturated rings. The lowest BCUT2D eigenvalue weighted by Gasteiger charge is -2.43. The fourth-order valence-electron chi connectivity index (χ4n) is 5.31. The number of anilines is 1. The Morgan fingerprint density at radius 3 is 2.56 bits per heavy atom. The van der Waals surface area contributed by atoms with Gasteiger partial charge in [0, 0.05) is 24.7 Å². The number of aromatic nitrogens is 2. The van der Waals surface area contributed by atoms with Crippen LogP contribution in [0, 0.1) is 12.3 Å². The van der Waals surface area contributed by atoms with Gasteiger partial charge in [-0.25, -0.2) is 9.97 Å². The Hall–Kier alpha value is -2.18. The van der Waals surface area contributed by atoms with Crippen molar-refractivity contribution in [1.29, 1.82) is 0 Å². The normalized spacial score (nSPS) is 19.4. The van der Waals surface area contributed by atoms with Crippen molar-refractivity contribution in [2.45, 2.75) is 38.8 Å². The van der Waals surface area contributed by atoms with Gasteiger partial charge in [0.05, 0.1) is 28.0 Å². The highest BCUT2D eigenvalue weighted by atomic mass is 35.5. The van der Waals surface area contributed by atoms with Crippen molar-refractivity contribution in [2.75, 3.05) is 18.0 Å². The van der Waals surface area contributed by atoms with Crippen LogP contribution in [0.4, 0.5) is 5.82 Å². The van der Waals surface area contributed by atoms with Crippen molar-refractivity contribution in [1.82, 2.24) is 9.97 Å². The van der Waals surface area contributed by atoms with E-state index < -0.39 is 0 Å². The maximum Gasteiger partial charge on any atom is 0.153 e. The summed E-state index contributed by atoms with van der Waals surface area (Å²) in [6.07, 6.45) is 2.99. The molecule has 3 N–H and O–H groups in total. The molecule has 1 spiro atoms. The van der Waals surface area contributed by atoms with Gasteiger partial charge in [-0.15, -0.1) is 0 Å². The molecular formula is C25H26Cl2N4O. The number of hydrogen-bond donors (Lipinski definition) is 2. The van der Waals surface area contributed by atoms with Gasteiger partial charge in [0.15, 0.2) is 5.82 Å². The summed E-state index contributed by atoms with van der Waals surface area (Å²) >= 11 is 12.6. The van der Waals surface area contributed by atoms with E-state index in [1.165, 1.54) is 11.1 Å². The molecular weight excluding hydrogens is 443 g/mol. The number of aryl methyl sites for hydroxylation is 1. The lowest BCUT2D eigenvalue weighted by atomic mass is 9.73.